The minimum absolute atomic E-state index is 0.0208. The smallest absolute Gasteiger partial charge is 0.305 e. The van der Waals surface area contributed by atoms with E-state index in [9.17, 15) is 38.6 Å². The van der Waals surface area contributed by atoms with Gasteiger partial charge in [0.25, 0.3) is 11.8 Å². The second-order valence-electron chi connectivity index (χ2n) is 11.3. The first-order valence-corrected chi connectivity index (χ1v) is 15.2. The summed E-state index contributed by atoms with van der Waals surface area (Å²) >= 11 is 18.0. The molecular formula is C30H24BrCl2FN2O8. The molecule has 6 rings (SSSR count). The number of fused-ring (bicyclic) bond motifs is 4. The summed E-state index contributed by atoms with van der Waals surface area (Å²) in [5.41, 5.74) is 0.538. The molecule has 10 nitrogen and oxygen atoms in total. The number of nitrogens with zero attached hydrogens (tertiary/aromatic N) is 2. The molecule has 44 heavy (non-hydrogen) atoms. The molecule has 3 fully saturated rings. The molecule has 2 aliphatic carbocycles. The van der Waals surface area contributed by atoms with Gasteiger partial charge in [-0.3, -0.25) is 28.9 Å². The number of phenolic OH excluding ortho intramolecular Hbond substituents is 1. The Morgan fingerprint density at radius 3 is 2.41 bits per heavy atom. The van der Waals surface area contributed by atoms with E-state index in [1.165, 1.54) is 31.4 Å². The average molecular weight is 710 g/mol. The number of anilines is 1. The Bertz CT molecular complexity index is 1690. The number of allylic oxidation sites excluding steroid dienone is 2. The lowest BCUT2D eigenvalue weighted by molar-refractivity contribution is -0.142. The maximum atomic E-state index is 14.4. The van der Waals surface area contributed by atoms with Crippen molar-refractivity contribution >= 4 is 74.4 Å². The summed E-state index contributed by atoms with van der Waals surface area (Å²) in [6.07, 6.45) is 0.995. The van der Waals surface area contributed by atoms with Gasteiger partial charge in [-0.2, -0.15) is 0 Å². The van der Waals surface area contributed by atoms with E-state index < -0.39 is 75.3 Å². The van der Waals surface area contributed by atoms with Crippen molar-refractivity contribution in [1.82, 2.24) is 4.90 Å². The van der Waals surface area contributed by atoms with Gasteiger partial charge in [-0.05, 0) is 55.2 Å². The molecule has 2 aromatic rings. The Morgan fingerprint density at radius 2 is 1.77 bits per heavy atom. The molecule has 6 atom stereocenters. The number of phenols is 1. The molecule has 14 heteroatoms. The number of carboxylic acids is 1. The van der Waals surface area contributed by atoms with Crippen molar-refractivity contribution in [1.29, 1.82) is 0 Å². The maximum Gasteiger partial charge on any atom is 0.305 e. The largest absolute Gasteiger partial charge is 0.504 e. The minimum atomic E-state index is -2.24. The van der Waals surface area contributed by atoms with Gasteiger partial charge < -0.3 is 14.9 Å². The normalized spacial score (nSPS) is 31.1. The lowest BCUT2D eigenvalue weighted by Crippen LogP contribution is -2.60. The Balaban J connectivity index is 1.56. The lowest BCUT2D eigenvalue weighted by Gasteiger charge is -2.50. The summed E-state index contributed by atoms with van der Waals surface area (Å²) in [5.74, 6) is -9.12. The van der Waals surface area contributed by atoms with Crippen LogP contribution in [0.25, 0.3) is 0 Å². The third-order valence-electron chi connectivity index (χ3n) is 9.14. The van der Waals surface area contributed by atoms with Crippen LogP contribution in [0.2, 0.25) is 0 Å². The highest BCUT2D eigenvalue weighted by Gasteiger charge is 2.77. The van der Waals surface area contributed by atoms with E-state index in [0.29, 0.717) is 10.0 Å². The van der Waals surface area contributed by atoms with E-state index in [2.05, 4.69) is 15.9 Å². The molecule has 230 valence electrons. The molecule has 4 aliphatic rings. The molecule has 2 aliphatic heterocycles. The van der Waals surface area contributed by atoms with Crippen LogP contribution in [0, 0.1) is 23.6 Å². The summed E-state index contributed by atoms with van der Waals surface area (Å²) in [4.78, 5) is 64.2. The Morgan fingerprint density at radius 1 is 1.09 bits per heavy atom. The van der Waals surface area contributed by atoms with Crippen LogP contribution in [0.15, 0.2) is 52.5 Å². The van der Waals surface area contributed by atoms with E-state index in [4.69, 9.17) is 27.9 Å². The van der Waals surface area contributed by atoms with Gasteiger partial charge in [-0.15, -0.1) is 23.2 Å². The van der Waals surface area contributed by atoms with E-state index in [0.717, 1.165) is 21.9 Å². The van der Waals surface area contributed by atoms with E-state index in [1.54, 1.807) is 6.08 Å². The quantitative estimate of drug-likeness (QED) is 0.257. The van der Waals surface area contributed by atoms with Gasteiger partial charge >= 0.3 is 5.97 Å². The summed E-state index contributed by atoms with van der Waals surface area (Å²) < 4.78 is 19.6. The van der Waals surface area contributed by atoms with Gasteiger partial charge in [-0.1, -0.05) is 27.6 Å². The number of imide groups is 2. The standard InChI is InChI=1S/C30H24BrCl2FN2O8/c1-44-20-11-13(31)10-18(24(20)39)23-16-6-7-17-22(26(41)35(25(17)40)9-8-21(37)38)19(16)12-29(32)27(42)36(28(43)30(23,29)33)15-4-2-14(34)3-5-15/h2-6,10-11,17,19,22-23,39H,7-9,12H2,1H3,(H,37,38)/t17-,19+,22-,23+,29+,30-/m0/s1. The number of carboxylic acid groups (broad SMARTS) is 1. The highest BCUT2D eigenvalue weighted by molar-refractivity contribution is 9.10. The zero-order valence-corrected chi connectivity index (χ0v) is 26.0. The number of rotatable bonds is 6. The fourth-order valence-electron chi connectivity index (χ4n) is 7.21. The molecule has 2 aromatic carbocycles. The van der Waals surface area contributed by atoms with Gasteiger partial charge in [-0.25, -0.2) is 9.29 Å². The number of likely N-dealkylation sites (tertiary alicyclic amines) is 1. The zero-order chi connectivity index (χ0) is 31.9. The van der Waals surface area contributed by atoms with Crippen LogP contribution in [-0.2, 0) is 24.0 Å². The van der Waals surface area contributed by atoms with Crippen molar-refractivity contribution in [2.24, 2.45) is 17.8 Å². The van der Waals surface area contributed by atoms with Crippen molar-refractivity contribution in [3.8, 4) is 11.5 Å². The van der Waals surface area contributed by atoms with E-state index in [1.807, 2.05) is 0 Å². The van der Waals surface area contributed by atoms with Crippen LogP contribution in [0.1, 0.15) is 30.7 Å². The molecule has 4 amide bonds. The maximum absolute atomic E-state index is 14.4. The molecule has 0 unspecified atom stereocenters. The highest BCUT2D eigenvalue weighted by Crippen LogP contribution is 2.67. The van der Waals surface area contributed by atoms with Crippen molar-refractivity contribution < 1.29 is 43.3 Å². The predicted octanol–water partition coefficient (Wildman–Crippen LogP) is 4.34. The molecule has 2 heterocycles. The predicted molar refractivity (Wildman–Crippen MR) is 158 cm³/mol. The SMILES string of the molecule is COc1cc(Br)cc([C@H]2C3=CC[C@@H]4C(=O)N(CCC(=O)O)C(=O)[C@@H]4[C@@H]3C[C@@]3(Cl)C(=O)N(c4ccc(F)cc4)C(=O)[C@@]23Cl)c1O. The van der Waals surface area contributed by atoms with Gasteiger partial charge in [0.2, 0.25) is 11.8 Å². The van der Waals surface area contributed by atoms with Crippen LogP contribution in [0.3, 0.4) is 0 Å². The molecule has 2 N–H and O–H groups in total. The fourth-order valence-corrected chi connectivity index (χ4v) is 8.59. The molecule has 0 aromatic heterocycles. The van der Waals surface area contributed by atoms with Crippen LogP contribution in [0.5, 0.6) is 11.5 Å². The number of hydrogen-bond donors (Lipinski definition) is 2. The highest BCUT2D eigenvalue weighted by atomic mass is 79.9. The first kappa shape index (κ1) is 30.5. The van der Waals surface area contributed by atoms with Crippen LogP contribution in [-0.4, -0.2) is 68.1 Å². The topological polar surface area (TPSA) is 142 Å². The number of methoxy groups -OCH3 is 1. The second-order valence-corrected chi connectivity index (χ2v) is 13.4. The number of amides is 4. The number of aromatic hydroxyl groups is 1. The van der Waals surface area contributed by atoms with Gasteiger partial charge in [0.05, 0.1) is 31.1 Å². The van der Waals surface area contributed by atoms with Gasteiger partial charge in [0.1, 0.15) is 5.82 Å². The lowest BCUT2D eigenvalue weighted by atomic mass is 9.56. The first-order chi connectivity index (χ1) is 20.8. The third kappa shape index (κ3) is 4.13. The summed E-state index contributed by atoms with van der Waals surface area (Å²) in [6, 6.07) is 7.62. The molecule has 1 saturated carbocycles. The average Bonchev–Trinajstić information content (AvgIpc) is 3.31. The molecule has 0 spiro atoms. The number of halogens is 4. The number of aliphatic carboxylic acids is 1. The summed E-state index contributed by atoms with van der Waals surface area (Å²) in [5, 5.41) is 20.5. The summed E-state index contributed by atoms with van der Waals surface area (Å²) in [7, 11) is 1.33. The molecule has 0 radical (unpaired) electrons. The minimum Gasteiger partial charge on any atom is -0.504 e. The zero-order valence-electron chi connectivity index (χ0n) is 22.9. The van der Waals surface area contributed by atoms with E-state index >= 15 is 0 Å². The third-order valence-corrected chi connectivity index (χ3v) is 11.0. The monoisotopic (exact) mass is 708 g/mol. The van der Waals surface area contributed by atoms with Crippen molar-refractivity contribution in [3.63, 3.8) is 0 Å². The Labute approximate surface area is 268 Å². The van der Waals surface area contributed by atoms with Gasteiger partial charge in [0, 0.05) is 22.5 Å². The number of hydrogen-bond acceptors (Lipinski definition) is 7. The Kier molecular flexibility index (Phi) is 7.33. The van der Waals surface area contributed by atoms with Crippen molar-refractivity contribution in [3.05, 3.63) is 63.9 Å². The molecule has 2 saturated heterocycles. The summed E-state index contributed by atoms with van der Waals surface area (Å²) in [6.45, 7) is -0.323. The number of carbonyl (C=O) groups excluding carboxylic acids is 4. The second kappa shape index (κ2) is 10.6. The van der Waals surface area contributed by atoms with Crippen LogP contribution in [0.4, 0.5) is 10.1 Å². The number of benzene rings is 2. The fraction of sp³-hybridized carbons (Fsp3) is 0.367. The van der Waals surface area contributed by atoms with Crippen LogP contribution < -0.4 is 9.64 Å². The molecular weight excluding hydrogens is 686 g/mol. The number of ether oxygens (including phenoxy) is 1. The van der Waals surface area contributed by atoms with Crippen molar-refractivity contribution in [2.45, 2.75) is 34.9 Å². The first-order valence-electron chi connectivity index (χ1n) is 13.6. The number of carbonyl (C=O) groups is 5. The Hall–Kier alpha value is -3.48. The van der Waals surface area contributed by atoms with E-state index in [-0.39, 0.29) is 42.1 Å². The molecule has 0 bridgehead atoms. The van der Waals surface area contributed by atoms with Crippen molar-refractivity contribution in [2.75, 3.05) is 18.6 Å². The van der Waals surface area contributed by atoms with Gasteiger partial charge in [0.15, 0.2) is 21.2 Å². The van der Waals surface area contributed by atoms with Crippen LogP contribution >= 0.6 is 39.1 Å². The number of alkyl halides is 2.